The van der Waals surface area contributed by atoms with Gasteiger partial charge in [-0.1, -0.05) is 30.3 Å². The summed E-state index contributed by atoms with van der Waals surface area (Å²) in [6.45, 7) is 3.57. The molecule has 2 heterocycles. The Morgan fingerprint density at radius 3 is 2.48 bits per heavy atom. The van der Waals surface area contributed by atoms with E-state index in [-0.39, 0.29) is 11.7 Å². The molecule has 0 bridgehead atoms. The molecule has 2 aliphatic heterocycles. The highest BCUT2D eigenvalue weighted by molar-refractivity contribution is 5.94. The van der Waals surface area contributed by atoms with Crippen LogP contribution in [0.5, 0.6) is 5.75 Å². The van der Waals surface area contributed by atoms with Crippen LogP contribution in [0.4, 0.5) is 0 Å². The monoisotopic (exact) mass is 366 g/mol. The zero-order valence-corrected chi connectivity index (χ0v) is 15.5. The smallest absolute Gasteiger partial charge is 0.253 e. The molecule has 2 aliphatic rings. The number of carbonyl (C=O) groups excluding carboxylic acids is 1. The van der Waals surface area contributed by atoms with Crippen LogP contribution < -0.4 is 0 Å². The van der Waals surface area contributed by atoms with Crippen LogP contribution in [0.1, 0.15) is 34.3 Å². The van der Waals surface area contributed by atoms with Crippen molar-refractivity contribution in [1.29, 1.82) is 0 Å². The number of aliphatic hydroxyl groups is 1. The van der Waals surface area contributed by atoms with E-state index in [1.54, 1.807) is 23.1 Å². The SMILES string of the molecule is O=C(c1cccc(O)c1)N1CCC(O)(CN2CCc3ccccc3C2)CC1. The number of hydrogen-bond acceptors (Lipinski definition) is 4. The molecule has 4 rings (SSSR count). The van der Waals surface area contributed by atoms with Crippen molar-refractivity contribution < 1.29 is 15.0 Å². The van der Waals surface area contributed by atoms with Gasteiger partial charge in [0.05, 0.1) is 5.60 Å². The van der Waals surface area contributed by atoms with Crippen LogP contribution in [0, 0.1) is 0 Å². The normalized spacial score (nSPS) is 19.5. The zero-order valence-electron chi connectivity index (χ0n) is 15.5. The number of phenols is 1. The Morgan fingerprint density at radius 2 is 1.74 bits per heavy atom. The van der Waals surface area contributed by atoms with Gasteiger partial charge in [0, 0.05) is 38.3 Å². The topological polar surface area (TPSA) is 64.0 Å². The quantitative estimate of drug-likeness (QED) is 0.876. The Labute approximate surface area is 159 Å². The predicted octanol–water partition coefficient (Wildman–Crippen LogP) is 2.42. The first-order valence-corrected chi connectivity index (χ1v) is 9.62. The van der Waals surface area contributed by atoms with E-state index in [9.17, 15) is 15.0 Å². The van der Waals surface area contributed by atoms with E-state index in [0.29, 0.717) is 38.0 Å². The molecule has 27 heavy (non-hydrogen) atoms. The highest BCUT2D eigenvalue weighted by Gasteiger charge is 2.36. The van der Waals surface area contributed by atoms with Crippen molar-refractivity contribution in [3.8, 4) is 5.75 Å². The van der Waals surface area contributed by atoms with E-state index in [1.165, 1.54) is 17.2 Å². The molecule has 142 valence electrons. The van der Waals surface area contributed by atoms with Gasteiger partial charge in [-0.05, 0) is 48.6 Å². The van der Waals surface area contributed by atoms with Gasteiger partial charge in [0.2, 0.25) is 0 Å². The average molecular weight is 366 g/mol. The number of phenolic OH excluding ortho intramolecular Hbond substituents is 1. The highest BCUT2D eigenvalue weighted by Crippen LogP contribution is 2.27. The number of aromatic hydroxyl groups is 1. The number of β-amino-alcohol motifs (C(OH)–C–C–N with tert-alkyl or cyclic N) is 1. The summed E-state index contributed by atoms with van der Waals surface area (Å²) in [6, 6.07) is 15.0. The molecule has 1 fully saturated rings. The first-order chi connectivity index (χ1) is 13.0. The number of hydrogen-bond donors (Lipinski definition) is 2. The number of rotatable bonds is 3. The molecule has 1 saturated heterocycles. The summed E-state index contributed by atoms with van der Waals surface area (Å²) in [4.78, 5) is 16.7. The Balaban J connectivity index is 1.35. The third kappa shape index (κ3) is 3.99. The second-order valence-electron chi connectivity index (χ2n) is 7.80. The molecule has 0 radical (unpaired) electrons. The molecule has 2 aromatic carbocycles. The molecule has 0 aliphatic carbocycles. The first-order valence-electron chi connectivity index (χ1n) is 9.62. The molecule has 1 amide bonds. The number of piperidine rings is 1. The molecule has 0 saturated carbocycles. The highest BCUT2D eigenvalue weighted by atomic mass is 16.3. The lowest BCUT2D eigenvalue weighted by Gasteiger charge is -2.42. The van der Waals surface area contributed by atoms with Crippen LogP contribution in [-0.2, 0) is 13.0 Å². The van der Waals surface area contributed by atoms with E-state index < -0.39 is 5.60 Å². The van der Waals surface area contributed by atoms with Crippen molar-refractivity contribution >= 4 is 5.91 Å². The Kier molecular flexibility index (Phi) is 4.89. The van der Waals surface area contributed by atoms with E-state index in [1.807, 2.05) is 0 Å². The van der Waals surface area contributed by atoms with Gasteiger partial charge in [-0.25, -0.2) is 0 Å². The van der Waals surface area contributed by atoms with Crippen LogP contribution in [0.25, 0.3) is 0 Å². The van der Waals surface area contributed by atoms with Gasteiger partial charge < -0.3 is 15.1 Å². The van der Waals surface area contributed by atoms with Crippen LogP contribution in [0.2, 0.25) is 0 Å². The summed E-state index contributed by atoms with van der Waals surface area (Å²) in [5.74, 6) is 0.0135. The van der Waals surface area contributed by atoms with Gasteiger partial charge >= 0.3 is 0 Å². The van der Waals surface area contributed by atoms with Gasteiger partial charge in [0.25, 0.3) is 5.91 Å². The minimum atomic E-state index is -0.748. The molecule has 5 nitrogen and oxygen atoms in total. The lowest BCUT2D eigenvalue weighted by molar-refractivity contribution is -0.0430. The molecule has 0 unspecified atom stereocenters. The molecule has 5 heteroatoms. The zero-order chi connectivity index (χ0) is 18.9. The Bertz CT molecular complexity index is 828. The first kappa shape index (κ1) is 18.0. The Morgan fingerprint density at radius 1 is 1.00 bits per heavy atom. The van der Waals surface area contributed by atoms with Crippen molar-refractivity contribution in [2.45, 2.75) is 31.4 Å². The summed E-state index contributed by atoms with van der Waals surface area (Å²) in [5, 5.41) is 20.6. The predicted molar refractivity (Wildman–Crippen MR) is 104 cm³/mol. The fourth-order valence-corrected chi connectivity index (χ4v) is 4.21. The third-order valence-electron chi connectivity index (χ3n) is 5.80. The standard InChI is InChI=1S/C22H26N2O3/c25-20-7-3-6-18(14-20)21(26)24-12-9-22(27,10-13-24)16-23-11-8-17-4-1-2-5-19(17)15-23/h1-7,14,25,27H,8-13,15-16H2. The van der Waals surface area contributed by atoms with Crippen LogP contribution in [-0.4, -0.2) is 57.7 Å². The molecule has 2 aromatic rings. The molecular weight excluding hydrogens is 340 g/mol. The van der Waals surface area contributed by atoms with Gasteiger partial charge in [0.15, 0.2) is 0 Å². The second-order valence-corrected chi connectivity index (χ2v) is 7.80. The molecule has 0 aromatic heterocycles. The van der Waals surface area contributed by atoms with Crippen molar-refractivity contribution in [3.05, 3.63) is 65.2 Å². The van der Waals surface area contributed by atoms with Crippen molar-refractivity contribution in [1.82, 2.24) is 9.80 Å². The van der Waals surface area contributed by atoms with Gasteiger partial charge in [-0.3, -0.25) is 9.69 Å². The van der Waals surface area contributed by atoms with E-state index in [2.05, 4.69) is 29.2 Å². The maximum absolute atomic E-state index is 12.6. The number of amides is 1. The maximum Gasteiger partial charge on any atom is 0.253 e. The number of carbonyl (C=O) groups is 1. The van der Waals surface area contributed by atoms with Gasteiger partial charge in [-0.15, -0.1) is 0 Å². The number of likely N-dealkylation sites (tertiary alicyclic amines) is 1. The summed E-state index contributed by atoms with van der Waals surface area (Å²) < 4.78 is 0. The lowest BCUT2D eigenvalue weighted by Crippen LogP contribution is -2.52. The lowest BCUT2D eigenvalue weighted by atomic mass is 9.89. The average Bonchev–Trinajstić information content (AvgIpc) is 2.68. The summed E-state index contributed by atoms with van der Waals surface area (Å²) >= 11 is 0. The number of benzene rings is 2. The van der Waals surface area contributed by atoms with Crippen LogP contribution >= 0.6 is 0 Å². The van der Waals surface area contributed by atoms with E-state index >= 15 is 0 Å². The summed E-state index contributed by atoms with van der Waals surface area (Å²) in [6.07, 6.45) is 2.18. The molecule has 2 N–H and O–H groups in total. The fourth-order valence-electron chi connectivity index (χ4n) is 4.21. The van der Waals surface area contributed by atoms with Gasteiger partial charge in [0.1, 0.15) is 5.75 Å². The maximum atomic E-state index is 12.6. The third-order valence-corrected chi connectivity index (χ3v) is 5.80. The largest absolute Gasteiger partial charge is 0.508 e. The summed E-state index contributed by atoms with van der Waals surface area (Å²) in [7, 11) is 0. The number of fused-ring (bicyclic) bond motifs is 1. The van der Waals surface area contributed by atoms with Crippen molar-refractivity contribution in [2.24, 2.45) is 0 Å². The van der Waals surface area contributed by atoms with Crippen molar-refractivity contribution in [2.75, 3.05) is 26.2 Å². The molecular formula is C22H26N2O3. The summed E-state index contributed by atoms with van der Waals surface area (Å²) in [5.41, 5.74) is 2.51. The second kappa shape index (κ2) is 7.33. The van der Waals surface area contributed by atoms with Gasteiger partial charge in [-0.2, -0.15) is 0 Å². The minimum Gasteiger partial charge on any atom is -0.508 e. The van der Waals surface area contributed by atoms with E-state index in [0.717, 1.165) is 19.5 Å². The van der Waals surface area contributed by atoms with Crippen LogP contribution in [0.15, 0.2) is 48.5 Å². The number of nitrogens with zero attached hydrogens (tertiary/aromatic N) is 2. The van der Waals surface area contributed by atoms with E-state index in [4.69, 9.17) is 0 Å². The molecule has 0 atom stereocenters. The van der Waals surface area contributed by atoms with Crippen molar-refractivity contribution in [3.63, 3.8) is 0 Å². The van der Waals surface area contributed by atoms with Crippen LogP contribution in [0.3, 0.4) is 0 Å². The minimum absolute atomic E-state index is 0.0835. The Hall–Kier alpha value is -2.37. The fraction of sp³-hybridized carbons (Fsp3) is 0.409. The molecule has 0 spiro atoms.